The van der Waals surface area contributed by atoms with E-state index in [2.05, 4.69) is 10.4 Å². The van der Waals surface area contributed by atoms with Gasteiger partial charge in [0.2, 0.25) is 5.91 Å². The molecular formula is C14H21N5O2. The first-order valence-corrected chi connectivity index (χ1v) is 7.44. The molecule has 0 radical (unpaired) electrons. The molecule has 2 saturated heterocycles. The molecule has 7 nitrogen and oxygen atoms in total. The Morgan fingerprint density at radius 3 is 3.00 bits per heavy atom. The molecular weight excluding hydrogens is 270 g/mol. The summed E-state index contributed by atoms with van der Waals surface area (Å²) in [6.45, 7) is 3.35. The molecule has 114 valence electrons. The zero-order valence-corrected chi connectivity index (χ0v) is 12.3. The zero-order valence-electron chi connectivity index (χ0n) is 12.3. The van der Waals surface area contributed by atoms with E-state index in [9.17, 15) is 9.59 Å². The lowest BCUT2D eigenvalue weighted by Crippen LogP contribution is -2.57. The van der Waals surface area contributed by atoms with Crippen molar-refractivity contribution in [2.45, 2.75) is 18.9 Å². The molecule has 3 heterocycles. The van der Waals surface area contributed by atoms with Gasteiger partial charge in [-0.1, -0.05) is 0 Å². The van der Waals surface area contributed by atoms with E-state index in [-0.39, 0.29) is 17.9 Å². The second-order valence-corrected chi connectivity index (χ2v) is 5.65. The second kappa shape index (κ2) is 5.85. The average Bonchev–Trinajstić information content (AvgIpc) is 2.93. The van der Waals surface area contributed by atoms with Crippen LogP contribution in [0.3, 0.4) is 0 Å². The Hall–Kier alpha value is -1.89. The molecule has 3 rings (SSSR count). The average molecular weight is 291 g/mol. The van der Waals surface area contributed by atoms with Crippen molar-refractivity contribution in [2.24, 2.45) is 7.05 Å². The summed E-state index contributed by atoms with van der Waals surface area (Å²) in [6.07, 6.45) is 3.54. The number of aryl methyl sites for hydroxylation is 1. The molecule has 0 spiro atoms. The largest absolute Gasteiger partial charge is 0.336 e. The summed E-state index contributed by atoms with van der Waals surface area (Å²) in [5, 5.41) is 7.13. The van der Waals surface area contributed by atoms with Gasteiger partial charge in [-0.15, -0.1) is 0 Å². The van der Waals surface area contributed by atoms with Crippen LogP contribution in [0.2, 0.25) is 0 Å². The first-order chi connectivity index (χ1) is 10.2. The molecule has 1 unspecified atom stereocenters. The number of rotatable bonds is 2. The molecule has 21 heavy (non-hydrogen) atoms. The molecule has 7 heteroatoms. The van der Waals surface area contributed by atoms with Crippen LogP contribution < -0.4 is 5.32 Å². The van der Waals surface area contributed by atoms with E-state index in [4.69, 9.17) is 0 Å². The van der Waals surface area contributed by atoms with Crippen molar-refractivity contribution in [3.05, 3.63) is 18.0 Å². The van der Waals surface area contributed by atoms with E-state index in [1.807, 2.05) is 9.80 Å². The third kappa shape index (κ3) is 2.78. The van der Waals surface area contributed by atoms with Gasteiger partial charge < -0.3 is 15.1 Å². The maximum atomic E-state index is 12.5. The van der Waals surface area contributed by atoms with Gasteiger partial charge in [0, 0.05) is 45.5 Å². The number of carbonyl (C=O) groups is 2. The van der Waals surface area contributed by atoms with Gasteiger partial charge in [-0.2, -0.15) is 5.10 Å². The minimum absolute atomic E-state index is 0.00211. The molecule has 2 fully saturated rings. The zero-order chi connectivity index (χ0) is 14.8. The predicted molar refractivity (Wildman–Crippen MR) is 76.7 cm³/mol. The summed E-state index contributed by atoms with van der Waals surface area (Å²) in [5.74, 6) is 0.142. The van der Waals surface area contributed by atoms with Gasteiger partial charge in [0.1, 0.15) is 5.69 Å². The third-order valence-electron chi connectivity index (χ3n) is 4.29. The monoisotopic (exact) mass is 291 g/mol. The van der Waals surface area contributed by atoms with E-state index < -0.39 is 0 Å². The molecule has 1 aromatic rings. The number of carbonyl (C=O) groups excluding carboxylic acids is 2. The fourth-order valence-electron chi connectivity index (χ4n) is 3.15. The maximum Gasteiger partial charge on any atom is 0.272 e. The number of hydrogen-bond acceptors (Lipinski definition) is 4. The Morgan fingerprint density at radius 2 is 2.29 bits per heavy atom. The standard InChI is InChI=1S/C14H21N5O2/c1-17-12(4-5-16-17)14(21)18-7-2-3-11(10-18)19-8-6-15-9-13(19)20/h4-5,11,15H,2-3,6-10H2,1H3. The molecule has 1 atom stereocenters. The van der Waals surface area contributed by atoms with E-state index in [1.54, 1.807) is 24.0 Å². The van der Waals surface area contributed by atoms with Crippen molar-refractivity contribution in [3.63, 3.8) is 0 Å². The Kier molecular flexibility index (Phi) is 3.92. The van der Waals surface area contributed by atoms with Gasteiger partial charge in [0.15, 0.2) is 0 Å². The van der Waals surface area contributed by atoms with Crippen LogP contribution in [0, 0.1) is 0 Å². The Bertz CT molecular complexity index is 541. The smallest absolute Gasteiger partial charge is 0.272 e. The fourth-order valence-corrected chi connectivity index (χ4v) is 3.15. The number of hydrogen-bond donors (Lipinski definition) is 1. The topological polar surface area (TPSA) is 70.5 Å². The van der Waals surface area contributed by atoms with Crippen LogP contribution >= 0.6 is 0 Å². The molecule has 2 amide bonds. The van der Waals surface area contributed by atoms with Crippen molar-refractivity contribution < 1.29 is 9.59 Å². The second-order valence-electron chi connectivity index (χ2n) is 5.65. The molecule has 1 aromatic heterocycles. The number of aromatic nitrogens is 2. The molecule has 0 saturated carbocycles. The Balaban J connectivity index is 1.69. The van der Waals surface area contributed by atoms with Crippen molar-refractivity contribution in [1.82, 2.24) is 24.9 Å². The minimum atomic E-state index is 0.00211. The fraction of sp³-hybridized carbons (Fsp3) is 0.643. The van der Waals surface area contributed by atoms with Crippen molar-refractivity contribution in [2.75, 3.05) is 32.7 Å². The highest BCUT2D eigenvalue weighted by atomic mass is 16.2. The van der Waals surface area contributed by atoms with Crippen molar-refractivity contribution >= 4 is 11.8 Å². The number of likely N-dealkylation sites (tertiary alicyclic amines) is 1. The molecule has 0 aromatic carbocycles. The third-order valence-corrected chi connectivity index (χ3v) is 4.29. The summed E-state index contributed by atoms with van der Waals surface area (Å²) < 4.78 is 1.60. The summed E-state index contributed by atoms with van der Waals surface area (Å²) in [6, 6.07) is 1.88. The summed E-state index contributed by atoms with van der Waals surface area (Å²) in [7, 11) is 1.77. The van der Waals surface area contributed by atoms with Crippen LogP contribution in [0.4, 0.5) is 0 Å². The van der Waals surface area contributed by atoms with E-state index in [0.717, 1.165) is 32.5 Å². The van der Waals surface area contributed by atoms with Gasteiger partial charge in [-0.25, -0.2) is 0 Å². The maximum absolute atomic E-state index is 12.5. The molecule has 0 aliphatic carbocycles. The molecule has 0 bridgehead atoms. The van der Waals surface area contributed by atoms with E-state index in [1.165, 1.54) is 0 Å². The molecule has 2 aliphatic heterocycles. The van der Waals surface area contributed by atoms with E-state index >= 15 is 0 Å². The van der Waals surface area contributed by atoms with Crippen LogP contribution in [0.15, 0.2) is 12.3 Å². The van der Waals surface area contributed by atoms with Gasteiger partial charge in [0.25, 0.3) is 5.91 Å². The minimum Gasteiger partial charge on any atom is -0.336 e. The summed E-state index contributed by atoms with van der Waals surface area (Å²) in [4.78, 5) is 28.3. The predicted octanol–water partition coefficient (Wildman–Crippen LogP) is -0.543. The van der Waals surface area contributed by atoms with Crippen LogP contribution in [0.25, 0.3) is 0 Å². The number of piperazine rings is 1. The molecule has 2 aliphatic rings. The molecule has 1 N–H and O–H groups in total. The van der Waals surface area contributed by atoms with Gasteiger partial charge in [0.05, 0.1) is 6.54 Å². The lowest BCUT2D eigenvalue weighted by Gasteiger charge is -2.41. The number of amides is 2. The van der Waals surface area contributed by atoms with Crippen LogP contribution in [0.5, 0.6) is 0 Å². The Labute approximate surface area is 123 Å². The van der Waals surface area contributed by atoms with Crippen LogP contribution in [-0.4, -0.2) is 70.2 Å². The number of nitrogens with one attached hydrogen (secondary N) is 1. The SMILES string of the molecule is Cn1nccc1C(=O)N1CCCC(N2CCNCC2=O)C1. The van der Waals surface area contributed by atoms with Gasteiger partial charge in [-0.3, -0.25) is 14.3 Å². The number of piperidine rings is 1. The first-order valence-electron chi connectivity index (χ1n) is 7.44. The van der Waals surface area contributed by atoms with Crippen molar-refractivity contribution in [1.29, 1.82) is 0 Å². The lowest BCUT2D eigenvalue weighted by atomic mass is 10.0. The lowest BCUT2D eigenvalue weighted by molar-refractivity contribution is -0.135. The van der Waals surface area contributed by atoms with Crippen LogP contribution in [-0.2, 0) is 11.8 Å². The highest BCUT2D eigenvalue weighted by molar-refractivity contribution is 5.92. The number of nitrogens with zero attached hydrogens (tertiary/aromatic N) is 4. The van der Waals surface area contributed by atoms with Crippen LogP contribution in [0.1, 0.15) is 23.3 Å². The van der Waals surface area contributed by atoms with E-state index in [0.29, 0.717) is 18.8 Å². The van der Waals surface area contributed by atoms with Crippen molar-refractivity contribution in [3.8, 4) is 0 Å². The summed E-state index contributed by atoms with van der Waals surface area (Å²) in [5.41, 5.74) is 0.599. The first kappa shape index (κ1) is 14.1. The normalized spacial score (nSPS) is 23.5. The van der Waals surface area contributed by atoms with Gasteiger partial charge >= 0.3 is 0 Å². The highest BCUT2D eigenvalue weighted by Gasteiger charge is 2.32. The highest BCUT2D eigenvalue weighted by Crippen LogP contribution is 2.18. The quantitative estimate of drug-likeness (QED) is 0.794. The summed E-state index contributed by atoms with van der Waals surface area (Å²) >= 11 is 0. The van der Waals surface area contributed by atoms with Gasteiger partial charge in [-0.05, 0) is 18.9 Å². The Morgan fingerprint density at radius 1 is 1.43 bits per heavy atom.